The van der Waals surface area contributed by atoms with Gasteiger partial charge in [0.1, 0.15) is 0 Å². The molecule has 9 heteroatoms. The first-order valence-corrected chi connectivity index (χ1v) is 10.5. The van der Waals surface area contributed by atoms with Crippen LogP contribution in [0.1, 0.15) is 48.9 Å². The number of unbranched alkanes of at least 4 members (excludes halogenated alkanes) is 3. The third kappa shape index (κ3) is 9.34. The molecule has 0 spiro atoms. The lowest BCUT2D eigenvalue weighted by molar-refractivity contribution is -0.129. The third-order valence-corrected chi connectivity index (χ3v) is 4.93. The first kappa shape index (κ1) is 23.8. The van der Waals surface area contributed by atoms with Gasteiger partial charge in [-0.3, -0.25) is 24.5 Å². The highest BCUT2D eigenvalue weighted by Crippen LogP contribution is 2.12. The fourth-order valence-electron chi connectivity index (χ4n) is 3.16. The quantitative estimate of drug-likeness (QED) is 0.231. The van der Waals surface area contributed by atoms with E-state index in [4.69, 9.17) is 9.94 Å². The molecule has 0 atom stereocenters. The van der Waals surface area contributed by atoms with Crippen molar-refractivity contribution < 1.29 is 24.3 Å². The Morgan fingerprint density at radius 3 is 2.20 bits per heavy atom. The Kier molecular flexibility index (Phi) is 10.8. The van der Waals surface area contributed by atoms with E-state index in [2.05, 4.69) is 15.5 Å². The van der Waals surface area contributed by atoms with Gasteiger partial charge in [-0.15, -0.1) is 0 Å². The van der Waals surface area contributed by atoms with Gasteiger partial charge in [-0.25, -0.2) is 5.48 Å². The van der Waals surface area contributed by atoms with Gasteiger partial charge in [0.15, 0.2) is 0 Å². The number of benzene rings is 1. The van der Waals surface area contributed by atoms with Crippen molar-refractivity contribution in [2.24, 2.45) is 0 Å². The number of rotatable bonds is 12. The minimum atomic E-state index is -0.387. The summed E-state index contributed by atoms with van der Waals surface area (Å²) in [5, 5.41) is 14.1. The number of carbonyl (C=O) groups excluding carboxylic acids is 3. The molecule has 1 aliphatic heterocycles. The Morgan fingerprint density at radius 2 is 1.57 bits per heavy atom. The zero-order valence-corrected chi connectivity index (χ0v) is 17.3. The first-order valence-electron chi connectivity index (χ1n) is 10.5. The second kappa shape index (κ2) is 13.7. The van der Waals surface area contributed by atoms with Crippen LogP contribution in [0.15, 0.2) is 24.3 Å². The number of morpholine rings is 1. The minimum absolute atomic E-state index is 0.0780. The molecule has 0 radical (unpaired) electrons. The van der Waals surface area contributed by atoms with Gasteiger partial charge < -0.3 is 15.4 Å². The van der Waals surface area contributed by atoms with Gasteiger partial charge in [-0.2, -0.15) is 0 Å². The van der Waals surface area contributed by atoms with Gasteiger partial charge in [-0.05, 0) is 37.1 Å². The molecule has 1 fully saturated rings. The maximum absolute atomic E-state index is 12.2. The SMILES string of the molecule is O=C(CCCCCCC(=O)Nc1ccc(C(=O)NCCN2CCOCC2)cc1)NO. The van der Waals surface area contributed by atoms with Crippen molar-refractivity contribution in [2.75, 3.05) is 44.7 Å². The molecule has 0 aliphatic carbocycles. The second-order valence-corrected chi connectivity index (χ2v) is 7.28. The van der Waals surface area contributed by atoms with Crippen LogP contribution in [0.2, 0.25) is 0 Å². The van der Waals surface area contributed by atoms with E-state index in [-0.39, 0.29) is 24.1 Å². The molecule has 0 unspecified atom stereocenters. The summed E-state index contributed by atoms with van der Waals surface area (Å²) in [5.41, 5.74) is 2.82. The van der Waals surface area contributed by atoms with Crippen LogP contribution >= 0.6 is 0 Å². The van der Waals surface area contributed by atoms with E-state index in [1.54, 1.807) is 29.7 Å². The summed E-state index contributed by atoms with van der Waals surface area (Å²) in [6.07, 6.45) is 3.78. The number of hydrogen-bond donors (Lipinski definition) is 4. The Bertz CT molecular complexity index is 674. The predicted molar refractivity (Wildman–Crippen MR) is 112 cm³/mol. The molecule has 0 saturated carbocycles. The Labute approximate surface area is 177 Å². The average molecular weight is 421 g/mol. The summed E-state index contributed by atoms with van der Waals surface area (Å²) in [4.78, 5) is 37.4. The monoisotopic (exact) mass is 420 g/mol. The van der Waals surface area contributed by atoms with Gasteiger partial charge in [0.25, 0.3) is 5.91 Å². The fraction of sp³-hybridized carbons (Fsp3) is 0.571. The van der Waals surface area contributed by atoms with E-state index >= 15 is 0 Å². The maximum Gasteiger partial charge on any atom is 0.251 e. The Morgan fingerprint density at radius 1 is 0.933 bits per heavy atom. The van der Waals surface area contributed by atoms with Crippen LogP contribution < -0.4 is 16.1 Å². The van der Waals surface area contributed by atoms with Gasteiger partial charge in [-0.1, -0.05) is 12.8 Å². The lowest BCUT2D eigenvalue weighted by Gasteiger charge is -2.26. The molecular formula is C21H32N4O5. The normalized spacial score (nSPS) is 14.2. The summed E-state index contributed by atoms with van der Waals surface area (Å²) >= 11 is 0. The van der Waals surface area contributed by atoms with Gasteiger partial charge >= 0.3 is 0 Å². The van der Waals surface area contributed by atoms with Crippen LogP contribution in [-0.2, 0) is 14.3 Å². The number of ether oxygens (including phenoxy) is 1. The smallest absolute Gasteiger partial charge is 0.251 e. The van der Waals surface area contributed by atoms with Crippen molar-refractivity contribution in [2.45, 2.75) is 38.5 Å². The van der Waals surface area contributed by atoms with Crippen molar-refractivity contribution in [3.63, 3.8) is 0 Å². The van der Waals surface area contributed by atoms with Gasteiger partial charge in [0.2, 0.25) is 11.8 Å². The first-order chi connectivity index (χ1) is 14.6. The number of nitrogens with one attached hydrogen (secondary N) is 3. The highest BCUT2D eigenvalue weighted by Gasteiger charge is 2.11. The van der Waals surface area contributed by atoms with E-state index in [0.29, 0.717) is 30.6 Å². The van der Waals surface area contributed by atoms with Gasteiger partial charge in [0.05, 0.1) is 13.2 Å². The van der Waals surface area contributed by atoms with Gasteiger partial charge in [0, 0.05) is 50.3 Å². The molecule has 3 amide bonds. The van der Waals surface area contributed by atoms with E-state index < -0.39 is 0 Å². The maximum atomic E-state index is 12.2. The molecule has 0 aromatic heterocycles. The predicted octanol–water partition coefficient (Wildman–Crippen LogP) is 1.53. The van der Waals surface area contributed by atoms with Crippen molar-refractivity contribution in [3.05, 3.63) is 29.8 Å². The Hall–Kier alpha value is -2.49. The number of carbonyl (C=O) groups is 3. The molecule has 4 N–H and O–H groups in total. The van der Waals surface area contributed by atoms with Crippen LogP contribution in [-0.4, -0.2) is 67.2 Å². The highest BCUT2D eigenvalue weighted by atomic mass is 16.5. The molecule has 1 saturated heterocycles. The fourth-order valence-corrected chi connectivity index (χ4v) is 3.16. The largest absolute Gasteiger partial charge is 0.379 e. The summed E-state index contributed by atoms with van der Waals surface area (Å²) < 4.78 is 5.30. The van der Waals surface area contributed by atoms with Crippen molar-refractivity contribution in [1.29, 1.82) is 0 Å². The molecule has 1 aromatic carbocycles. The summed E-state index contributed by atoms with van der Waals surface area (Å²) in [6.45, 7) is 4.66. The molecule has 30 heavy (non-hydrogen) atoms. The number of anilines is 1. The molecule has 2 rings (SSSR count). The topological polar surface area (TPSA) is 120 Å². The standard InChI is InChI=1S/C21H32N4O5/c26-19(5-3-1-2-4-6-20(27)24-29)23-18-9-7-17(8-10-18)21(28)22-11-12-25-13-15-30-16-14-25/h7-10,29H,1-6,11-16H2,(H,22,28)(H,23,26)(H,24,27). The van der Waals surface area contributed by atoms with Crippen LogP contribution in [0.25, 0.3) is 0 Å². The van der Waals surface area contributed by atoms with E-state index in [0.717, 1.165) is 52.1 Å². The lowest BCUT2D eigenvalue weighted by Crippen LogP contribution is -2.41. The number of hydrogen-bond acceptors (Lipinski definition) is 6. The van der Waals surface area contributed by atoms with Crippen molar-refractivity contribution >= 4 is 23.4 Å². The van der Waals surface area contributed by atoms with Crippen LogP contribution in [0.5, 0.6) is 0 Å². The molecular weight excluding hydrogens is 388 g/mol. The molecule has 9 nitrogen and oxygen atoms in total. The van der Waals surface area contributed by atoms with E-state index in [1.807, 2.05) is 0 Å². The molecule has 1 aromatic rings. The second-order valence-electron chi connectivity index (χ2n) is 7.28. The third-order valence-electron chi connectivity index (χ3n) is 4.93. The summed E-state index contributed by atoms with van der Waals surface area (Å²) in [7, 11) is 0. The van der Waals surface area contributed by atoms with E-state index in [9.17, 15) is 14.4 Å². The number of amides is 3. The van der Waals surface area contributed by atoms with E-state index in [1.165, 1.54) is 0 Å². The minimum Gasteiger partial charge on any atom is -0.379 e. The highest BCUT2D eigenvalue weighted by molar-refractivity contribution is 5.95. The van der Waals surface area contributed by atoms with Crippen molar-refractivity contribution in [3.8, 4) is 0 Å². The van der Waals surface area contributed by atoms with Crippen LogP contribution in [0, 0.1) is 0 Å². The Balaban J connectivity index is 1.60. The average Bonchev–Trinajstić information content (AvgIpc) is 2.77. The zero-order valence-electron chi connectivity index (χ0n) is 17.3. The van der Waals surface area contributed by atoms with Crippen molar-refractivity contribution in [1.82, 2.24) is 15.7 Å². The summed E-state index contributed by atoms with van der Waals surface area (Å²) in [6, 6.07) is 6.85. The molecule has 166 valence electrons. The lowest BCUT2D eigenvalue weighted by atomic mass is 10.1. The summed E-state index contributed by atoms with van der Waals surface area (Å²) in [5.74, 6) is -0.594. The molecule has 1 heterocycles. The molecule has 0 bridgehead atoms. The molecule has 1 aliphatic rings. The zero-order chi connectivity index (χ0) is 21.6. The van der Waals surface area contributed by atoms with Crippen LogP contribution in [0.3, 0.4) is 0 Å². The number of hydroxylamine groups is 1. The number of nitrogens with zero attached hydrogens (tertiary/aromatic N) is 1. The van der Waals surface area contributed by atoms with Crippen LogP contribution in [0.4, 0.5) is 5.69 Å².